The summed E-state index contributed by atoms with van der Waals surface area (Å²) in [4.78, 5) is 0. The number of aryl methyl sites for hydroxylation is 2. The third-order valence-electron chi connectivity index (χ3n) is 1.99. The van der Waals surface area contributed by atoms with Gasteiger partial charge < -0.3 is 12.4 Å². The number of nitrogens with zero attached hydrogens (tertiary/aromatic N) is 1. The molecule has 3 nitrogen and oxygen atoms in total. The van der Waals surface area contributed by atoms with Gasteiger partial charge in [-0.1, -0.05) is 0 Å². The second kappa shape index (κ2) is 5.04. The van der Waals surface area contributed by atoms with Crippen molar-refractivity contribution in [3.63, 3.8) is 0 Å². The fraction of sp³-hybridized carbons (Fsp3) is 0.444. The minimum absolute atomic E-state index is 0. The monoisotopic (exact) mass is 233 g/mol. The molecule has 0 bridgehead atoms. The minimum atomic E-state index is -0.865. The van der Waals surface area contributed by atoms with Gasteiger partial charge in [0, 0.05) is 26.0 Å². The lowest BCUT2D eigenvalue weighted by atomic mass is 10.3. The van der Waals surface area contributed by atoms with Crippen LogP contribution in [0.5, 0.6) is 0 Å². The first-order chi connectivity index (χ1) is 6.29. The third-order valence-corrected chi connectivity index (χ3v) is 3.76. The van der Waals surface area contributed by atoms with Crippen molar-refractivity contribution in [3.8, 4) is 0 Å². The maximum absolute atomic E-state index is 5.51. The van der Waals surface area contributed by atoms with Crippen LogP contribution in [0.4, 0.5) is 0 Å². The van der Waals surface area contributed by atoms with Gasteiger partial charge in [0.2, 0.25) is 0 Å². The van der Waals surface area contributed by atoms with Crippen LogP contribution in [0, 0.1) is 13.8 Å². The highest BCUT2D eigenvalue weighted by Crippen LogP contribution is 2.37. The molecule has 1 aromatic heterocycles. The van der Waals surface area contributed by atoms with Gasteiger partial charge in [-0.3, -0.25) is 9.05 Å². The average molecular weight is 234 g/mol. The van der Waals surface area contributed by atoms with Crippen molar-refractivity contribution >= 4 is 8.53 Å². The van der Waals surface area contributed by atoms with E-state index < -0.39 is 8.53 Å². The Hall–Kier alpha value is -0.210. The molecule has 1 saturated heterocycles. The van der Waals surface area contributed by atoms with Crippen molar-refractivity contribution in [1.82, 2.24) is 0 Å². The summed E-state index contributed by atoms with van der Waals surface area (Å²) in [5.41, 5.74) is 2.38. The lowest BCUT2D eigenvalue weighted by Gasteiger charge is -2.04. The Labute approximate surface area is 91.4 Å². The van der Waals surface area contributed by atoms with Crippen LogP contribution in [0.15, 0.2) is 18.2 Å². The topological polar surface area (TPSA) is 22.3 Å². The Morgan fingerprint density at radius 2 is 1.64 bits per heavy atom. The third kappa shape index (κ3) is 2.23. The summed E-state index contributed by atoms with van der Waals surface area (Å²) in [7, 11) is -0.865. The van der Waals surface area contributed by atoms with Crippen LogP contribution in [0.25, 0.3) is 0 Å². The van der Waals surface area contributed by atoms with Crippen molar-refractivity contribution in [2.24, 2.45) is 0 Å². The van der Waals surface area contributed by atoms with E-state index in [0.29, 0.717) is 13.2 Å². The SMILES string of the molecule is Cc1cccc(C)[n+]1P1OCCO1.[Cl-]. The highest BCUT2D eigenvalue weighted by atomic mass is 35.5. The summed E-state index contributed by atoms with van der Waals surface area (Å²) < 4.78 is 13.1. The number of halogens is 1. The quantitative estimate of drug-likeness (QED) is 0.564. The maximum atomic E-state index is 5.51. The molecule has 0 radical (unpaired) electrons. The fourth-order valence-corrected chi connectivity index (χ4v) is 2.80. The molecule has 78 valence electrons. The van der Waals surface area contributed by atoms with Gasteiger partial charge in [0.05, 0.1) is 13.2 Å². The largest absolute Gasteiger partial charge is 1.00 e. The van der Waals surface area contributed by atoms with Crippen molar-refractivity contribution in [2.75, 3.05) is 13.2 Å². The molecule has 1 aliphatic heterocycles. The van der Waals surface area contributed by atoms with E-state index in [9.17, 15) is 0 Å². The molecule has 2 heterocycles. The summed E-state index contributed by atoms with van der Waals surface area (Å²) in [5, 5.41) is 0. The standard InChI is InChI=1S/C9H13NO2P.ClH/c1-8-4-3-5-9(2)10(8)13-11-6-7-12-13;/h3-5H,6-7H2,1-2H3;1H/q+1;/p-1. The summed E-state index contributed by atoms with van der Waals surface area (Å²) in [6, 6.07) is 6.19. The van der Waals surface area contributed by atoms with E-state index in [4.69, 9.17) is 9.05 Å². The van der Waals surface area contributed by atoms with E-state index in [0.717, 1.165) is 0 Å². The molecular weight excluding hydrogens is 221 g/mol. The average Bonchev–Trinajstić information content (AvgIpc) is 2.57. The maximum Gasteiger partial charge on any atom is 0.508 e. The van der Waals surface area contributed by atoms with Gasteiger partial charge in [-0.05, 0) is 6.07 Å². The predicted molar refractivity (Wildman–Crippen MR) is 50.3 cm³/mol. The van der Waals surface area contributed by atoms with Crippen LogP contribution >= 0.6 is 8.53 Å². The number of rotatable bonds is 1. The van der Waals surface area contributed by atoms with E-state index in [1.807, 2.05) is 6.07 Å². The molecular formula is C9H13ClNO2P. The van der Waals surface area contributed by atoms with E-state index in [1.165, 1.54) is 11.4 Å². The van der Waals surface area contributed by atoms with Crippen LogP contribution < -0.4 is 16.7 Å². The van der Waals surface area contributed by atoms with Crippen molar-refractivity contribution in [2.45, 2.75) is 13.8 Å². The molecule has 0 atom stereocenters. The summed E-state index contributed by atoms with van der Waals surface area (Å²) in [5.74, 6) is 0. The fourth-order valence-electron chi connectivity index (χ4n) is 1.39. The Kier molecular flexibility index (Phi) is 4.27. The van der Waals surface area contributed by atoms with Gasteiger partial charge in [-0.25, -0.2) is 0 Å². The van der Waals surface area contributed by atoms with Crippen LogP contribution in [-0.2, 0) is 9.05 Å². The molecule has 14 heavy (non-hydrogen) atoms. The van der Waals surface area contributed by atoms with E-state index >= 15 is 0 Å². The van der Waals surface area contributed by atoms with Crippen molar-refractivity contribution in [3.05, 3.63) is 29.6 Å². The zero-order valence-corrected chi connectivity index (χ0v) is 9.89. The molecule has 0 spiro atoms. The van der Waals surface area contributed by atoms with Gasteiger partial charge in [0.1, 0.15) is 0 Å². The Bertz CT molecular complexity index is 295. The number of aromatic nitrogens is 1. The molecule has 0 unspecified atom stereocenters. The van der Waals surface area contributed by atoms with Crippen LogP contribution in [0.2, 0.25) is 0 Å². The van der Waals surface area contributed by atoms with Gasteiger partial charge in [0.25, 0.3) is 0 Å². The van der Waals surface area contributed by atoms with E-state index in [1.54, 1.807) is 0 Å². The van der Waals surface area contributed by atoms with Gasteiger partial charge in [-0.15, -0.1) is 4.34 Å². The van der Waals surface area contributed by atoms with Crippen molar-refractivity contribution in [1.29, 1.82) is 0 Å². The molecule has 0 aliphatic carbocycles. The van der Waals surface area contributed by atoms with Crippen molar-refractivity contribution < 1.29 is 25.8 Å². The van der Waals surface area contributed by atoms with Gasteiger partial charge in [-0.2, -0.15) is 0 Å². The first-order valence-corrected chi connectivity index (χ1v) is 5.46. The second-order valence-corrected chi connectivity index (χ2v) is 4.42. The molecule has 0 amide bonds. The highest BCUT2D eigenvalue weighted by Gasteiger charge is 2.33. The first kappa shape index (κ1) is 11.9. The van der Waals surface area contributed by atoms with Gasteiger partial charge in [0.15, 0.2) is 11.4 Å². The highest BCUT2D eigenvalue weighted by molar-refractivity contribution is 7.39. The molecule has 2 rings (SSSR count). The molecule has 0 aromatic carbocycles. The Morgan fingerprint density at radius 1 is 1.14 bits per heavy atom. The molecule has 0 saturated carbocycles. The molecule has 1 fully saturated rings. The lowest BCUT2D eigenvalue weighted by molar-refractivity contribution is -0.543. The zero-order valence-electron chi connectivity index (χ0n) is 8.24. The first-order valence-electron chi connectivity index (χ1n) is 4.33. The molecule has 0 N–H and O–H groups in total. The molecule has 1 aromatic rings. The lowest BCUT2D eigenvalue weighted by Crippen LogP contribution is -3.00. The van der Waals surface area contributed by atoms with E-state index in [2.05, 4.69) is 30.3 Å². The number of pyridine rings is 1. The number of hydrogen-bond acceptors (Lipinski definition) is 2. The Balaban J connectivity index is 0.000000980. The molecule has 1 aliphatic rings. The summed E-state index contributed by atoms with van der Waals surface area (Å²) in [6.07, 6.45) is 0. The zero-order chi connectivity index (χ0) is 9.26. The number of hydrogen-bond donors (Lipinski definition) is 0. The van der Waals surface area contributed by atoms with E-state index in [-0.39, 0.29) is 12.4 Å². The summed E-state index contributed by atoms with van der Waals surface area (Å²) >= 11 is 0. The summed E-state index contributed by atoms with van der Waals surface area (Å²) in [6.45, 7) is 5.57. The predicted octanol–water partition coefficient (Wildman–Crippen LogP) is -1.28. The molecule has 5 heteroatoms. The van der Waals surface area contributed by atoms with Crippen LogP contribution in [0.1, 0.15) is 11.4 Å². The van der Waals surface area contributed by atoms with Gasteiger partial charge >= 0.3 is 8.53 Å². The smallest absolute Gasteiger partial charge is 0.508 e. The van der Waals surface area contributed by atoms with Crippen LogP contribution in [0.3, 0.4) is 0 Å². The minimum Gasteiger partial charge on any atom is -1.00 e. The second-order valence-electron chi connectivity index (χ2n) is 3.02. The Morgan fingerprint density at radius 3 is 2.14 bits per heavy atom. The normalized spacial score (nSPS) is 16.7. The van der Waals surface area contributed by atoms with Crippen LogP contribution in [-0.4, -0.2) is 13.2 Å².